The number of carbonyl (C=O) groups excluding carboxylic acids is 1. The van der Waals surface area contributed by atoms with Crippen LogP contribution in [0.4, 0.5) is 0 Å². The zero-order chi connectivity index (χ0) is 23.4. The maximum Gasteiger partial charge on any atom is 0.160 e. The van der Waals surface area contributed by atoms with Gasteiger partial charge in [-0.1, -0.05) is 52.7 Å². The van der Waals surface area contributed by atoms with E-state index in [1.807, 2.05) is 6.92 Å². The average molecular weight is 438 g/mol. The summed E-state index contributed by atoms with van der Waals surface area (Å²) in [6, 6.07) is 2.30. The summed E-state index contributed by atoms with van der Waals surface area (Å²) in [4.78, 5) is 13.8. The molecular formula is C29H43NO2. The van der Waals surface area contributed by atoms with Crippen molar-refractivity contribution >= 4 is 5.78 Å². The van der Waals surface area contributed by atoms with Crippen molar-refractivity contribution in [3.63, 3.8) is 0 Å². The molecule has 0 aromatic heterocycles. The summed E-state index contributed by atoms with van der Waals surface area (Å²) in [6.07, 6.45) is 8.70. The van der Waals surface area contributed by atoms with E-state index in [9.17, 15) is 15.2 Å². The van der Waals surface area contributed by atoms with Gasteiger partial charge in [-0.05, 0) is 91.4 Å². The Morgan fingerprint density at radius 1 is 1.28 bits per heavy atom. The second-order valence-corrected chi connectivity index (χ2v) is 12.3. The highest BCUT2D eigenvalue weighted by Crippen LogP contribution is 2.65. The van der Waals surface area contributed by atoms with Crippen LogP contribution in [0.5, 0.6) is 0 Å². The van der Waals surface area contributed by atoms with Gasteiger partial charge in [-0.15, -0.1) is 0 Å². The van der Waals surface area contributed by atoms with Crippen molar-refractivity contribution in [3.05, 3.63) is 23.3 Å². The van der Waals surface area contributed by atoms with E-state index in [1.165, 1.54) is 12.8 Å². The van der Waals surface area contributed by atoms with E-state index in [0.29, 0.717) is 41.8 Å². The Hall–Kier alpha value is -1.40. The summed E-state index contributed by atoms with van der Waals surface area (Å²) in [5, 5.41) is 20.6. The van der Waals surface area contributed by atoms with Gasteiger partial charge in [0.05, 0.1) is 18.1 Å². The van der Waals surface area contributed by atoms with Crippen LogP contribution in [0, 0.1) is 57.7 Å². The van der Waals surface area contributed by atoms with Gasteiger partial charge in [0.1, 0.15) is 0 Å². The highest BCUT2D eigenvalue weighted by molar-refractivity contribution is 5.99. The molecule has 2 fully saturated rings. The first-order chi connectivity index (χ1) is 15.0. The van der Waals surface area contributed by atoms with Crippen LogP contribution in [0.25, 0.3) is 0 Å². The Bertz CT molecular complexity index is 865. The molecule has 3 unspecified atom stereocenters. The maximum atomic E-state index is 13.8. The van der Waals surface area contributed by atoms with E-state index >= 15 is 0 Å². The standard InChI is InChI=1S/C29H43NO2/c1-17(20(4)16-30)9-10-19(3)21-11-12-22-26-24(31)14-23-18(2)8-7-13-28(23,5)27(26)25(32)15-29(21,22)6/h18-24,31H,1,7-15H2,2-6H3/t18-,19-,20?,21-,22+,23?,24?,28+,29-/m1/s1. The number of carbonyl (C=O) groups is 1. The number of allylic oxidation sites excluding steroid dienone is 2. The molecule has 176 valence electrons. The summed E-state index contributed by atoms with van der Waals surface area (Å²) in [7, 11) is 0. The molecule has 4 aliphatic carbocycles. The van der Waals surface area contributed by atoms with Crippen molar-refractivity contribution in [2.45, 2.75) is 98.5 Å². The van der Waals surface area contributed by atoms with Crippen LogP contribution in [-0.2, 0) is 4.79 Å². The monoisotopic (exact) mass is 437 g/mol. The highest BCUT2D eigenvalue weighted by Gasteiger charge is 2.60. The Kier molecular flexibility index (Phi) is 6.25. The van der Waals surface area contributed by atoms with E-state index in [0.717, 1.165) is 55.2 Å². The fourth-order valence-corrected chi connectivity index (χ4v) is 8.68. The number of nitrogens with zero attached hydrogens (tertiary/aromatic N) is 1. The Morgan fingerprint density at radius 2 is 2.00 bits per heavy atom. The van der Waals surface area contributed by atoms with Gasteiger partial charge < -0.3 is 5.11 Å². The number of aliphatic hydroxyl groups is 1. The molecule has 0 saturated heterocycles. The molecule has 0 spiro atoms. The third-order valence-corrected chi connectivity index (χ3v) is 10.6. The Balaban J connectivity index is 1.62. The number of Topliss-reactive ketones (excluding diaryl/α,β-unsaturated/α-hetero) is 1. The minimum absolute atomic E-state index is 0.0421. The molecule has 0 aromatic carbocycles. The van der Waals surface area contributed by atoms with Crippen molar-refractivity contribution in [1.29, 1.82) is 5.26 Å². The van der Waals surface area contributed by atoms with Gasteiger partial charge in [0.15, 0.2) is 5.78 Å². The molecule has 1 N–H and O–H groups in total. The summed E-state index contributed by atoms with van der Waals surface area (Å²) >= 11 is 0. The van der Waals surface area contributed by atoms with Gasteiger partial charge in [0.25, 0.3) is 0 Å². The first-order valence-corrected chi connectivity index (χ1v) is 13.1. The molecule has 32 heavy (non-hydrogen) atoms. The fraction of sp³-hybridized carbons (Fsp3) is 0.793. The smallest absolute Gasteiger partial charge is 0.160 e. The van der Waals surface area contributed by atoms with E-state index in [-0.39, 0.29) is 16.7 Å². The summed E-state index contributed by atoms with van der Waals surface area (Å²) in [6.45, 7) is 15.4. The lowest BCUT2D eigenvalue weighted by Gasteiger charge is -2.56. The van der Waals surface area contributed by atoms with E-state index in [4.69, 9.17) is 0 Å². The summed E-state index contributed by atoms with van der Waals surface area (Å²) < 4.78 is 0. The second-order valence-electron chi connectivity index (χ2n) is 12.3. The quantitative estimate of drug-likeness (QED) is 0.491. The Labute approximate surface area is 195 Å². The predicted molar refractivity (Wildman–Crippen MR) is 129 cm³/mol. The Morgan fingerprint density at radius 3 is 2.69 bits per heavy atom. The van der Waals surface area contributed by atoms with E-state index in [2.05, 4.69) is 40.3 Å². The lowest BCUT2D eigenvalue weighted by Crippen LogP contribution is -2.52. The second kappa shape index (κ2) is 8.43. The third kappa shape index (κ3) is 3.53. The van der Waals surface area contributed by atoms with E-state index in [1.54, 1.807) is 0 Å². The van der Waals surface area contributed by atoms with Crippen molar-refractivity contribution in [2.75, 3.05) is 0 Å². The number of ketones is 1. The lowest BCUT2D eigenvalue weighted by atomic mass is 9.48. The molecule has 4 aliphatic rings. The lowest BCUT2D eigenvalue weighted by molar-refractivity contribution is -0.124. The van der Waals surface area contributed by atoms with Crippen LogP contribution in [0.3, 0.4) is 0 Å². The molecule has 3 heteroatoms. The van der Waals surface area contributed by atoms with Crippen LogP contribution in [0.2, 0.25) is 0 Å². The number of aliphatic hydroxyl groups excluding tert-OH is 1. The number of hydrogen-bond acceptors (Lipinski definition) is 3. The van der Waals surface area contributed by atoms with Crippen LogP contribution in [-0.4, -0.2) is 17.0 Å². The highest BCUT2D eigenvalue weighted by atomic mass is 16.3. The zero-order valence-corrected chi connectivity index (χ0v) is 20.9. The van der Waals surface area contributed by atoms with Crippen LogP contribution >= 0.6 is 0 Å². The topological polar surface area (TPSA) is 61.1 Å². The van der Waals surface area contributed by atoms with Crippen LogP contribution in [0.1, 0.15) is 92.4 Å². The van der Waals surface area contributed by atoms with Gasteiger partial charge in [0.2, 0.25) is 0 Å². The molecule has 3 nitrogen and oxygen atoms in total. The van der Waals surface area contributed by atoms with Crippen molar-refractivity contribution in [3.8, 4) is 6.07 Å². The predicted octanol–water partition coefficient (Wildman–Crippen LogP) is 6.63. The third-order valence-electron chi connectivity index (χ3n) is 10.6. The summed E-state index contributed by atoms with van der Waals surface area (Å²) in [5.74, 6) is 2.57. The zero-order valence-electron chi connectivity index (χ0n) is 20.9. The molecule has 4 rings (SSSR count). The number of fused-ring (bicyclic) bond motifs is 4. The fourth-order valence-electron chi connectivity index (χ4n) is 8.68. The minimum Gasteiger partial charge on any atom is -0.389 e. The maximum absolute atomic E-state index is 13.8. The number of hydrogen-bond donors (Lipinski definition) is 1. The first kappa shape index (κ1) is 23.7. The van der Waals surface area contributed by atoms with Gasteiger partial charge in [-0.3, -0.25) is 4.79 Å². The first-order valence-electron chi connectivity index (χ1n) is 13.1. The molecule has 0 radical (unpaired) electrons. The molecule has 0 heterocycles. The van der Waals surface area contributed by atoms with Crippen LogP contribution < -0.4 is 0 Å². The summed E-state index contributed by atoms with van der Waals surface area (Å²) in [5.41, 5.74) is 3.13. The van der Waals surface area contributed by atoms with Gasteiger partial charge in [-0.2, -0.15) is 5.26 Å². The molecule has 0 aliphatic heterocycles. The van der Waals surface area contributed by atoms with Gasteiger partial charge in [-0.25, -0.2) is 0 Å². The SMILES string of the molecule is C=C(CC[C@@H](C)[C@H]1CC[C@H]2C3=C(C(=O)C[C@]12C)[C@@]1(C)CCC[C@@H](C)C1CC3O)C(C)C#N. The van der Waals surface area contributed by atoms with Crippen molar-refractivity contribution in [2.24, 2.45) is 46.3 Å². The normalized spacial score (nSPS) is 43.0. The van der Waals surface area contributed by atoms with Crippen molar-refractivity contribution in [1.82, 2.24) is 0 Å². The van der Waals surface area contributed by atoms with Crippen molar-refractivity contribution < 1.29 is 9.90 Å². The molecule has 0 bridgehead atoms. The van der Waals surface area contributed by atoms with Gasteiger partial charge >= 0.3 is 0 Å². The molecule has 2 saturated carbocycles. The van der Waals surface area contributed by atoms with Gasteiger partial charge in [0, 0.05) is 12.0 Å². The molecule has 0 aromatic rings. The molecule has 0 amide bonds. The minimum atomic E-state index is -0.442. The number of rotatable bonds is 5. The molecular weight excluding hydrogens is 394 g/mol. The van der Waals surface area contributed by atoms with E-state index < -0.39 is 6.10 Å². The largest absolute Gasteiger partial charge is 0.389 e. The number of nitriles is 1. The molecule has 9 atom stereocenters. The average Bonchev–Trinajstić information content (AvgIpc) is 3.08. The van der Waals surface area contributed by atoms with Crippen LogP contribution in [0.15, 0.2) is 23.3 Å².